The third-order valence-electron chi connectivity index (χ3n) is 0.483. The van der Waals surface area contributed by atoms with Crippen molar-refractivity contribution < 1.29 is 10.2 Å². The molecule has 0 aromatic heterocycles. The van der Waals surface area contributed by atoms with Crippen molar-refractivity contribution >= 4 is 0 Å². The van der Waals surface area contributed by atoms with E-state index in [1.165, 1.54) is 0 Å². The molecule has 0 amide bonds. The van der Waals surface area contributed by atoms with Crippen LogP contribution in [0.5, 0.6) is 0 Å². The first-order valence-electron chi connectivity index (χ1n) is 2.80. The Morgan fingerprint density at radius 1 is 1.50 bits per heavy atom. The number of hydrogen-bond acceptors (Lipinski definition) is 3. The fourth-order valence-corrected chi connectivity index (χ4v) is 0.0745. The highest BCUT2D eigenvalue weighted by Gasteiger charge is 1.92. The number of aliphatic hydroxyl groups is 2. The summed E-state index contributed by atoms with van der Waals surface area (Å²) in [5, 5.41) is 16.3. The number of hydrogen-bond donors (Lipinski definition) is 3. The van der Waals surface area contributed by atoms with Crippen LogP contribution in [-0.4, -0.2) is 29.5 Å². The number of rotatable bonds is 2. The summed E-state index contributed by atoms with van der Waals surface area (Å²) in [7, 11) is 0. The van der Waals surface area contributed by atoms with Crippen molar-refractivity contribution in [2.24, 2.45) is 5.73 Å². The molecule has 3 nitrogen and oxygen atoms in total. The highest BCUT2D eigenvalue weighted by molar-refractivity contribution is 4.48. The van der Waals surface area contributed by atoms with Crippen molar-refractivity contribution in [3.63, 3.8) is 0 Å². The molecule has 0 bridgehead atoms. The van der Waals surface area contributed by atoms with Crippen LogP contribution >= 0.6 is 0 Å². The van der Waals surface area contributed by atoms with Gasteiger partial charge in [0.1, 0.15) is 0 Å². The standard InChI is InChI=1S/C3H9NO2.C2H6/c4-1-3(6)2-5;1-2/h3,5-6H,1-2,4H2;1-2H3. The Morgan fingerprint density at radius 3 is 1.88 bits per heavy atom. The SMILES string of the molecule is CC.NCC(O)CO. The zero-order valence-corrected chi connectivity index (χ0v) is 5.46. The smallest absolute Gasteiger partial charge is 0.0892 e. The molecule has 0 heterocycles. The second-order valence-corrected chi connectivity index (χ2v) is 1.07. The first kappa shape index (κ1) is 10.8. The van der Waals surface area contributed by atoms with E-state index in [0.29, 0.717) is 0 Å². The summed E-state index contributed by atoms with van der Waals surface area (Å²) in [4.78, 5) is 0. The van der Waals surface area contributed by atoms with E-state index in [1.54, 1.807) is 0 Å². The van der Waals surface area contributed by atoms with Gasteiger partial charge in [0.25, 0.3) is 0 Å². The average molecular weight is 121 g/mol. The predicted molar refractivity (Wildman–Crippen MR) is 33.5 cm³/mol. The molecule has 8 heavy (non-hydrogen) atoms. The van der Waals surface area contributed by atoms with Crippen LogP contribution in [0, 0.1) is 0 Å². The van der Waals surface area contributed by atoms with E-state index in [4.69, 9.17) is 15.9 Å². The fourth-order valence-electron chi connectivity index (χ4n) is 0.0745. The van der Waals surface area contributed by atoms with E-state index in [2.05, 4.69) is 0 Å². The molecule has 0 saturated carbocycles. The van der Waals surface area contributed by atoms with E-state index >= 15 is 0 Å². The van der Waals surface area contributed by atoms with Gasteiger partial charge in [0.05, 0.1) is 12.7 Å². The molecule has 0 spiro atoms. The molecule has 0 saturated heterocycles. The van der Waals surface area contributed by atoms with Crippen LogP contribution in [0.25, 0.3) is 0 Å². The van der Waals surface area contributed by atoms with E-state index in [9.17, 15) is 0 Å². The molecule has 0 aliphatic heterocycles. The van der Waals surface area contributed by atoms with Crippen LogP contribution in [0.1, 0.15) is 13.8 Å². The molecule has 1 unspecified atom stereocenters. The molecule has 1 atom stereocenters. The first-order valence-corrected chi connectivity index (χ1v) is 2.80. The molecule has 3 heteroatoms. The van der Waals surface area contributed by atoms with Crippen molar-refractivity contribution in [1.82, 2.24) is 0 Å². The van der Waals surface area contributed by atoms with Crippen LogP contribution in [-0.2, 0) is 0 Å². The van der Waals surface area contributed by atoms with Gasteiger partial charge in [-0.3, -0.25) is 0 Å². The van der Waals surface area contributed by atoms with Gasteiger partial charge >= 0.3 is 0 Å². The van der Waals surface area contributed by atoms with Gasteiger partial charge in [-0.2, -0.15) is 0 Å². The Kier molecular flexibility index (Phi) is 13.5. The largest absolute Gasteiger partial charge is 0.394 e. The lowest BCUT2D eigenvalue weighted by Crippen LogP contribution is -2.22. The second kappa shape index (κ2) is 9.99. The minimum atomic E-state index is -0.731. The van der Waals surface area contributed by atoms with Crippen molar-refractivity contribution in [1.29, 1.82) is 0 Å². The van der Waals surface area contributed by atoms with Crippen molar-refractivity contribution in [2.45, 2.75) is 20.0 Å². The van der Waals surface area contributed by atoms with Crippen molar-refractivity contribution in [2.75, 3.05) is 13.2 Å². The summed E-state index contributed by atoms with van der Waals surface area (Å²) < 4.78 is 0. The maximum absolute atomic E-state index is 8.29. The monoisotopic (exact) mass is 121 g/mol. The zero-order valence-electron chi connectivity index (χ0n) is 5.46. The van der Waals surface area contributed by atoms with Crippen molar-refractivity contribution in [3.8, 4) is 0 Å². The maximum atomic E-state index is 8.29. The maximum Gasteiger partial charge on any atom is 0.0892 e. The minimum Gasteiger partial charge on any atom is -0.394 e. The highest BCUT2D eigenvalue weighted by Crippen LogP contribution is 1.69. The Morgan fingerprint density at radius 2 is 1.88 bits per heavy atom. The molecule has 0 aromatic carbocycles. The second-order valence-electron chi connectivity index (χ2n) is 1.07. The van der Waals surface area contributed by atoms with Gasteiger partial charge in [0, 0.05) is 6.54 Å². The van der Waals surface area contributed by atoms with Crippen molar-refractivity contribution in [3.05, 3.63) is 0 Å². The Bertz CT molecular complexity index is 29.6. The topological polar surface area (TPSA) is 66.5 Å². The minimum absolute atomic E-state index is 0.135. The molecule has 0 radical (unpaired) electrons. The van der Waals surface area contributed by atoms with Gasteiger partial charge < -0.3 is 15.9 Å². The van der Waals surface area contributed by atoms with Crippen LogP contribution in [0.2, 0.25) is 0 Å². The summed E-state index contributed by atoms with van der Waals surface area (Å²) in [6.07, 6.45) is -0.731. The Balaban J connectivity index is 0. The zero-order chi connectivity index (χ0) is 6.99. The Labute approximate surface area is 50.1 Å². The van der Waals surface area contributed by atoms with Gasteiger partial charge in [-0.15, -0.1) is 0 Å². The van der Waals surface area contributed by atoms with Crippen LogP contribution in [0.4, 0.5) is 0 Å². The van der Waals surface area contributed by atoms with Crippen LogP contribution in [0.3, 0.4) is 0 Å². The van der Waals surface area contributed by atoms with Gasteiger partial charge in [-0.05, 0) is 0 Å². The third-order valence-corrected chi connectivity index (χ3v) is 0.483. The van der Waals surface area contributed by atoms with Gasteiger partial charge in [-0.1, -0.05) is 13.8 Å². The Hall–Kier alpha value is -0.120. The van der Waals surface area contributed by atoms with E-state index in [1.807, 2.05) is 13.8 Å². The molecule has 4 N–H and O–H groups in total. The van der Waals surface area contributed by atoms with Gasteiger partial charge in [-0.25, -0.2) is 0 Å². The molecule has 0 rings (SSSR count). The number of aliphatic hydroxyl groups excluding tert-OH is 2. The van der Waals surface area contributed by atoms with Crippen LogP contribution < -0.4 is 5.73 Å². The van der Waals surface area contributed by atoms with E-state index < -0.39 is 6.10 Å². The molecule has 0 aromatic rings. The lowest BCUT2D eigenvalue weighted by molar-refractivity contribution is 0.102. The predicted octanol–water partition coefficient (Wildman–Crippen LogP) is -0.676. The summed E-state index contributed by atoms with van der Waals surface area (Å²) >= 11 is 0. The molecule has 0 aliphatic carbocycles. The normalized spacial score (nSPS) is 11.6. The highest BCUT2D eigenvalue weighted by atomic mass is 16.3. The molecular formula is C5H15NO2. The quantitative estimate of drug-likeness (QED) is 0.453. The molecule has 0 fully saturated rings. The fraction of sp³-hybridized carbons (Fsp3) is 1.00. The molecule has 52 valence electrons. The summed E-state index contributed by atoms with van der Waals surface area (Å²) in [6, 6.07) is 0. The van der Waals surface area contributed by atoms with E-state index in [0.717, 1.165) is 0 Å². The lowest BCUT2D eigenvalue weighted by Gasteiger charge is -1.97. The molecular weight excluding hydrogens is 106 g/mol. The molecule has 0 aliphatic rings. The lowest BCUT2D eigenvalue weighted by atomic mass is 10.4. The summed E-state index contributed by atoms with van der Waals surface area (Å²) in [5.74, 6) is 0. The van der Waals surface area contributed by atoms with Crippen LogP contribution in [0.15, 0.2) is 0 Å². The number of nitrogens with two attached hydrogens (primary N) is 1. The summed E-state index contributed by atoms with van der Waals surface area (Å²) in [6.45, 7) is 3.90. The van der Waals surface area contributed by atoms with E-state index in [-0.39, 0.29) is 13.2 Å². The van der Waals surface area contributed by atoms with Gasteiger partial charge in [0.15, 0.2) is 0 Å². The van der Waals surface area contributed by atoms with Gasteiger partial charge in [0.2, 0.25) is 0 Å². The first-order chi connectivity index (χ1) is 3.81. The third kappa shape index (κ3) is 9.30. The summed E-state index contributed by atoms with van der Waals surface area (Å²) in [5.41, 5.74) is 4.87. The average Bonchev–Trinajstić information content (AvgIpc) is 1.91.